The predicted molar refractivity (Wildman–Crippen MR) is 96.1 cm³/mol. The number of fused-ring (bicyclic) bond motifs is 2. The molecule has 6 nitrogen and oxygen atoms in total. The van der Waals surface area contributed by atoms with Crippen LogP contribution in [0.1, 0.15) is 37.0 Å². The number of carbonyl (C=O) groups is 1. The third kappa shape index (κ3) is 3.04. The van der Waals surface area contributed by atoms with Crippen molar-refractivity contribution < 1.29 is 4.79 Å². The van der Waals surface area contributed by atoms with Crippen LogP contribution in [0.5, 0.6) is 0 Å². The number of carbonyl (C=O) groups excluding carboxylic acids is 1. The standard InChI is InChI=1S/C19H23N5O/c1-2-17-21-22-18-13-23(10-11-24(17)18)19(25)9-5-6-14-12-20-16-8-4-3-7-15(14)16/h3-4,7-8,12,20H,2,5-6,9-11,13H2,1H3. The Morgan fingerprint density at radius 3 is 3.00 bits per heavy atom. The molecule has 130 valence electrons. The number of rotatable bonds is 5. The molecule has 0 radical (unpaired) electrons. The SMILES string of the molecule is CCc1nnc2n1CCN(C(=O)CCCc1c[nH]c3ccccc13)C2. The summed E-state index contributed by atoms with van der Waals surface area (Å²) < 4.78 is 2.15. The highest BCUT2D eigenvalue weighted by atomic mass is 16.2. The number of hydrogen-bond acceptors (Lipinski definition) is 3. The van der Waals surface area contributed by atoms with E-state index < -0.39 is 0 Å². The summed E-state index contributed by atoms with van der Waals surface area (Å²) in [6.07, 6.45) is 5.30. The highest BCUT2D eigenvalue weighted by Gasteiger charge is 2.23. The van der Waals surface area contributed by atoms with E-state index in [1.54, 1.807) is 0 Å². The molecule has 0 bridgehead atoms. The number of amides is 1. The molecule has 1 aliphatic rings. The monoisotopic (exact) mass is 337 g/mol. The first-order chi connectivity index (χ1) is 12.3. The molecule has 0 saturated carbocycles. The Balaban J connectivity index is 1.34. The summed E-state index contributed by atoms with van der Waals surface area (Å²) in [6, 6.07) is 8.30. The summed E-state index contributed by atoms with van der Waals surface area (Å²) in [4.78, 5) is 17.7. The number of nitrogens with zero attached hydrogens (tertiary/aromatic N) is 4. The van der Waals surface area contributed by atoms with Crippen molar-refractivity contribution in [3.8, 4) is 0 Å². The van der Waals surface area contributed by atoms with Gasteiger partial charge < -0.3 is 14.5 Å². The maximum absolute atomic E-state index is 12.5. The van der Waals surface area contributed by atoms with Gasteiger partial charge in [0.15, 0.2) is 5.82 Å². The van der Waals surface area contributed by atoms with Gasteiger partial charge in [-0.05, 0) is 24.5 Å². The molecule has 3 heterocycles. The van der Waals surface area contributed by atoms with Crippen LogP contribution in [0, 0.1) is 0 Å². The molecular weight excluding hydrogens is 314 g/mol. The summed E-state index contributed by atoms with van der Waals surface area (Å²) in [5, 5.41) is 9.69. The second-order valence-corrected chi connectivity index (χ2v) is 6.57. The molecule has 0 saturated heterocycles. The van der Waals surface area contributed by atoms with Gasteiger partial charge in [0.2, 0.25) is 5.91 Å². The van der Waals surface area contributed by atoms with Crippen LogP contribution in [0.15, 0.2) is 30.5 Å². The summed E-state index contributed by atoms with van der Waals surface area (Å²) in [6.45, 7) is 4.22. The zero-order chi connectivity index (χ0) is 17.2. The third-order valence-electron chi connectivity index (χ3n) is 5.01. The minimum absolute atomic E-state index is 0.215. The minimum atomic E-state index is 0.215. The topological polar surface area (TPSA) is 66.8 Å². The van der Waals surface area contributed by atoms with E-state index in [-0.39, 0.29) is 5.91 Å². The Morgan fingerprint density at radius 1 is 1.24 bits per heavy atom. The van der Waals surface area contributed by atoms with E-state index in [2.05, 4.69) is 51.1 Å². The lowest BCUT2D eigenvalue weighted by atomic mass is 10.1. The average Bonchev–Trinajstić information content (AvgIpc) is 3.25. The van der Waals surface area contributed by atoms with E-state index in [4.69, 9.17) is 0 Å². The Bertz CT molecular complexity index is 894. The molecule has 25 heavy (non-hydrogen) atoms. The number of para-hydroxylation sites is 1. The quantitative estimate of drug-likeness (QED) is 0.778. The number of aromatic nitrogens is 4. The summed E-state index contributed by atoms with van der Waals surface area (Å²) in [5.41, 5.74) is 2.44. The van der Waals surface area contributed by atoms with Crippen LogP contribution in [0.25, 0.3) is 10.9 Å². The molecule has 1 N–H and O–H groups in total. The fourth-order valence-electron chi connectivity index (χ4n) is 3.62. The van der Waals surface area contributed by atoms with E-state index in [1.165, 1.54) is 10.9 Å². The molecule has 0 fully saturated rings. The lowest BCUT2D eigenvalue weighted by Crippen LogP contribution is -2.38. The smallest absolute Gasteiger partial charge is 0.223 e. The van der Waals surface area contributed by atoms with E-state index >= 15 is 0 Å². The molecule has 1 aliphatic heterocycles. The van der Waals surface area contributed by atoms with E-state index in [0.29, 0.717) is 13.0 Å². The van der Waals surface area contributed by atoms with Crippen molar-refractivity contribution in [2.45, 2.75) is 45.7 Å². The molecule has 0 spiro atoms. The molecule has 3 aromatic rings. The number of hydrogen-bond donors (Lipinski definition) is 1. The summed E-state index contributed by atoms with van der Waals surface area (Å²) in [7, 11) is 0. The van der Waals surface area contributed by atoms with Gasteiger partial charge in [-0.3, -0.25) is 4.79 Å². The van der Waals surface area contributed by atoms with Crippen molar-refractivity contribution in [1.29, 1.82) is 0 Å². The normalized spacial score (nSPS) is 14.0. The first-order valence-corrected chi connectivity index (χ1v) is 9.00. The average molecular weight is 337 g/mol. The zero-order valence-corrected chi connectivity index (χ0v) is 14.5. The molecule has 2 aromatic heterocycles. The molecule has 1 amide bonds. The van der Waals surface area contributed by atoms with Crippen LogP contribution in [-0.2, 0) is 30.7 Å². The van der Waals surface area contributed by atoms with Crippen LogP contribution in [0.4, 0.5) is 0 Å². The van der Waals surface area contributed by atoms with Crippen molar-refractivity contribution in [1.82, 2.24) is 24.6 Å². The minimum Gasteiger partial charge on any atom is -0.361 e. The Hall–Kier alpha value is -2.63. The molecule has 0 unspecified atom stereocenters. The van der Waals surface area contributed by atoms with Crippen LogP contribution < -0.4 is 0 Å². The van der Waals surface area contributed by atoms with Gasteiger partial charge in [0.05, 0.1) is 6.54 Å². The number of H-pyrrole nitrogens is 1. The van der Waals surface area contributed by atoms with E-state index in [9.17, 15) is 4.79 Å². The molecular formula is C19H23N5O. The first-order valence-electron chi connectivity index (χ1n) is 9.00. The zero-order valence-electron chi connectivity index (χ0n) is 14.5. The van der Waals surface area contributed by atoms with Gasteiger partial charge in [0, 0.05) is 43.0 Å². The number of nitrogens with one attached hydrogen (secondary N) is 1. The maximum atomic E-state index is 12.5. The largest absolute Gasteiger partial charge is 0.361 e. The Kier molecular flexibility index (Phi) is 4.26. The van der Waals surface area contributed by atoms with E-state index in [0.717, 1.165) is 49.5 Å². The molecule has 1 aromatic carbocycles. The van der Waals surface area contributed by atoms with Gasteiger partial charge in [-0.15, -0.1) is 10.2 Å². The van der Waals surface area contributed by atoms with Crippen LogP contribution in [0.2, 0.25) is 0 Å². The lowest BCUT2D eigenvalue weighted by Gasteiger charge is -2.27. The molecule has 0 atom stereocenters. The fourth-order valence-corrected chi connectivity index (χ4v) is 3.62. The lowest BCUT2D eigenvalue weighted by molar-refractivity contribution is -0.132. The van der Waals surface area contributed by atoms with Crippen molar-refractivity contribution in [2.24, 2.45) is 0 Å². The number of aryl methyl sites for hydroxylation is 2. The summed E-state index contributed by atoms with van der Waals surface area (Å²) >= 11 is 0. The van der Waals surface area contributed by atoms with Gasteiger partial charge in [-0.2, -0.15) is 0 Å². The van der Waals surface area contributed by atoms with Crippen molar-refractivity contribution >= 4 is 16.8 Å². The fraction of sp³-hybridized carbons (Fsp3) is 0.421. The Labute approximate surface area is 146 Å². The van der Waals surface area contributed by atoms with Gasteiger partial charge in [0.25, 0.3) is 0 Å². The second kappa shape index (κ2) is 6.70. The van der Waals surface area contributed by atoms with Gasteiger partial charge in [-0.25, -0.2) is 0 Å². The number of aromatic amines is 1. The van der Waals surface area contributed by atoms with Crippen molar-refractivity contribution in [2.75, 3.05) is 6.54 Å². The second-order valence-electron chi connectivity index (χ2n) is 6.57. The maximum Gasteiger partial charge on any atom is 0.223 e. The highest BCUT2D eigenvalue weighted by molar-refractivity contribution is 5.83. The molecule has 0 aliphatic carbocycles. The predicted octanol–water partition coefficient (Wildman–Crippen LogP) is 2.69. The van der Waals surface area contributed by atoms with Gasteiger partial charge in [0.1, 0.15) is 5.82 Å². The highest BCUT2D eigenvalue weighted by Crippen LogP contribution is 2.20. The number of benzene rings is 1. The van der Waals surface area contributed by atoms with Crippen molar-refractivity contribution in [3.63, 3.8) is 0 Å². The Morgan fingerprint density at radius 2 is 2.12 bits per heavy atom. The van der Waals surface area contributed by atoms with Gasteiger partial charge in [-0.1, -0.05) is 25.1 Å². The van der Waals surface area contributed by atoms with Crippen LogP contribution in [-0.4, -0.2) is 37.1 Å². The van der Waals surface area contributed by atoms with E-state index in [1.807, 2.05) is 11.0 Å². The van der Waals surface area contributed by atoms with Crippen LogP contribution >= 0.6 is 0 Å². The first kappa shape index (κ1) is 15.9. The molecule has 4 rings (SSSR count). The van der Waals surface area contributed by atoms with Crippen LogP contribution in [0.3, 0.4) is 0 Å². The molecule has 6 heteroatoms. The van der Waals surface area contributed by atoms with Crippen molar-refractivity contribution in [3.05, 3.63) is 47.7 Å². The van der Waals surface area contributed by atoms with Gasteiger partial charge >= 0.3 is 0 Å². The third-order valence-corrected chi connectivity index (χ3v) is 5.01. The summed E-state index contributed by atoms with van der Waals surface area (Å²) in [5.74, 6) is 2.14.